The fourth-order valence-electron chi connectivity index (χ4n) is 1.60. The van der Waals surface area contributed by atoms with Crippen molar-refractivity contribution in [1.29, 1.82) is 0 Å². The number of carboxylic acid groups (broad SMARTS) is 1. The molecule has 0 atom stereocenters. The summed E-state index contributed by atoms with van der Waals surface area (Å²) in [6, 6.07) is 16.8. The van der Waals surface area contributed by atoms with Crippen LogP contribution in [-0.2, 0) is 0 Å². The van der Waals surface area contributed by atoms with Crippen molar-refractivity contribution >= 4 is 5.97 Å². The van der Waals surface area contributed by atoms with Crippen LogP contribution in [0.5, 0.6) is 17.5 Å². The maximum Gasteiger partial charge on any atom is 0.339 e. The van der Waals surface area contributed by atoms with Gasteiger partial charge in [-0.25, -0.2) is 14.8 Å². The van der Waals surface area contributed by atoms with E-state index in [4.69, 9.17) is 14.9 Å². The van der Waals surface area contributed by atoms with Gasteiger partial charge in [0, 0.05) is 12.4 Å². The summed E-state index contributed by atoms with van der Waals surface area (Å²) >= 11 is 0. The number of phenols is 1. The number of phenolic OH excluding ortho intramolecular Hbond substituents is 1. The molecule has 0 amide bonds. The first-order valence-corrected chi connectivity index (χ1v) is 6.68. The van der Waals surface area contributed by atoms with Crippen LogP contribution in [0, 0.1) is 0 Å². The average molecular weight is 310 g/mol. The highest BCUT2D eigenvalue weighted by Gasteiger charge is 2.11. The third-order valence-corrected chi connectivity index (χ3v) is 2.62. The Hall–Kier alpha value is -3.41. The topological polar surface area (TPSA) is 92.5 Å². The van der Waals surface area contributed by atoms with Crippen LogP contribution in [0.3, 0.4) is 0 Å². The molecule has 0 bridgehead atoms. The maximum atomic E-state index is 10.9. The van der Waals surface area contributed by atoms with Gasteiger partial charge in [-0.2, -0.15) is 0 Å². The second-order valence-electron chi connectivity index (χ2n) is 4.27. The molecule has 3 aromatic rings. The molecular weight excluding hydrogens is 296 g/mol. The lowest BCUT2D eigenvalue weighted by Crippen LogP contribution is -2.00. The molecule has 0 radical (unpaired) electrons. The second-order valence-corrected chi connectivity index (χ2v) is 4.27. The molecule has 1 heterocycles. The number of benzene rings is 2. The van der Waals surface area contributed by atoms with Crippen LogP contribution < -0.4 is 4.74 Å². The molecule has 23 heavy (non-hydrogen) atoms. The highest BCUT2D eigenvalue weighted by Crippen LogP contribution is 2.22. The van der Waals surface area contributed by atoms with Gasteiger partial charge in [-0.15, -0.1) is 0 Å². The molecule has 1 aromatic heterocycles. The van der Waals surface area contributed by atoms with Crippen molar-refractivity contribution in [3.8, 4) is 17.5 Å². The van der Waals surface area contributed by atoms with Crippen molar-refractivity contribution in [2.24, 2.45) is 0 Å². The highest BCUT2D eigenvalue weighted by atomic mass is 16.5. The number of aromatic carboxylic acids is 1. The first kappa shape index (κ1) is 16.0. The van der Waals surface area contributed by atoms with Gasteiger partial charge in [0.05, 0.1) is 0 Å². The number of rotatable bonds is 3. The Morgan fingerprint density at radius 3 is 2.04 bits per heavy atom. The van der Waals surface area contributed by atoms with Crippen LogP contribution in [0.4, 0.5) is 0 Å². The molecule has 0 aliphatic carbocycles. The number of hydrogen-bond acceptors (Lipinski definition) is 5. The lowest BCUT2D eigenvalue weighted by molar-refractivity contribution is 0.0694. The first-order valence-electron chi connectivity index (χ1n) is 6.68. The minimum absolute atomic E-state index is 0.0787. The van der Waals surface area contributed by atoms with Crippen molar-refractivity contribution < 1.29 is 19.7 Å². The van der Waals surface area contributed by atoms with Gasteiger partial charge in [-0.1, -0.05) is 30.3 Å². The minimum Gasteiger partial charge on any atom is -0.508 e. The van der Waals surface area contributed by atoms with E-state index < -0.39 is 5.97 Å². The first-order chi connectivity index (χ1) is 11.2. The van der Waals surface area contributed by atoms with Gasteiger partial charge in [-0.3, -0.25) is 0 Å². The summed E-state index contributed by atoms with van der Waals surface area (Å²) in [5, 5.41) is 17.6. The summed E-state index contributed by atoms with van der Waals surface area (Å²) in [5.41, 5.74) is 0.0787. The molecule has 0 unspecified atom stereocenters. The average Bonchev–Trinajstić information content (AvgIpc) is 2.57. The molecule has 0 fully saturated rings. The van der Waals surface area contributed by atoms with Crippen LogP contribution in [0.1, 0.15) is 10.4 Å². The number of hydrogen-bond donors (Lipinski definition) is 2. The Balaban J connectivity index is 0.000000229. The van der Waals surface area contributed by atoms with E-state index in [1.165, 1.54) is 18.5 Å². The zero-order valence-electron chi connectivity index (χ0n) is 12.0. The Bertz CT molecular complexity index is 749. The molecule has 6 heteroatoms. The van der Waals surface area contributed by atoms with Gasteiger partial charge in [0.2, 0.25) is 0 Å². The highest BCUT2D eigenvalue weighted by molar-refractivity contribution is 5.90. The number of carbonyl (C=O) groups is 1. The van der Waals surface area contributed by atoms with Gasteiger partial charge >= 0.3 is 12.0 Å². The summed E-state index contributed by atoms with van der Waals surface area (Å²) in [6.07, 6.45) is 3.04. The van der Waals surface area contributed by atoms with Crippen molar-refractivity contribution in [3.05, 3.63) is 78.6 Å². The Morgan fingerprint density at radius 2 is 1.48 bits per heavy atom. The third kappa shape index (κ3) is 5.13. The fraction of sp³-hybridized carbons (Fsp3) is 0. The molecule has 0 aliphatic rings. The maximum absolute atomic E-state index is 10.9. The van der Waals surface area contributed by atoms with E-state index in [0.29, 0.717) is 5.75 Å². The normalized spacial score (nSPS) is 9.39. The molecule has 3 rings (SSSR count). The SMILES string of the molecule is O=C(O)c1ccccc1Oc1ncccn1.Oc1ccccc1. The minimum atomic E-state index is -1.05. The van der Waals surface area contributed by atoms with E-state index in [1.54, 1.807) is 48.5 Å². The molecule has 2 N–H and O–H groups in total. The predicted octanol–water partition coefficient (Wildman–Crippen LogP) is 3.36. The van der Waals surface area contributed by atoms with Gasteiger partial charge in [0.1, 0.15) is 17.1 Å². The zero-order valence-corrected chi connectivity index (χ0v) is 12.0. The number of para-hydroxylation sites is 2. The lowest BCUT2D eigenvalue weighted by atomic mass is 10.2. The van der Waals surface area contributed by atoms with E-state index in [1.807, 2.05) is 6.07 Å². The van der Waals surface area contributed by atoms with Crippen LogP contribution in [0.2, 0.25) is 0 Å². The van der Waals surface area contributed by atoms with E-state index in [2.05, 4.69) is 9.97 Å². The fourth-order valence-corrected chi connectivity index (χ4v) is 1.60. The van der Waals surface area contributed by atoms with Crippen LogP contribution in [-0.4, -0.2) is 26.2 Å². The Kier molecular flexibility index (Phi) is 5.65. The monoisotopic (exact) mass is 310 g/mol. The van der Waals surface area contributed by atoms with Crippen molar-refractivity contribution in [2.75, 3.05) is 0 Å². The van der Waals surface area contributed by atoms with Crippen molar-refractivity contribution in [3.63, 3.8) is 0 Å². The molecule has 2 aromatic carbocycles. The summed E-state index contributed by atoms with van der Waals surface area (Å²) in [5.74, 6) is -0.504. The van der Waals surface area contributed by atoms with E-state index in [9.17, 15) is 4.79 Å². The van der Waals surface area contributed by atoms with Crippen LogP contribution >= 0.6 is 0 Å². The summed E-state index contributed by atoms with van der Waals surface area (Å²) < 4.78 is 5.27. The summed E-state index contributed by atoms with van der Waals surface area (Å²) in [7, 11) is 0. The van der Waals surface area contributed by atoms with Gasteiger partial charge in [-0.05, 0) is 30.3 Å². The van der Waals surface area contributed by atoms with Crippen molar-refractivity contribution in [2.45, 2.75) is 0 Å². The summed E-state index contributed by atoms with van der Waals surface area (Å²) in [6.45, 7) is 0. The molecule has 0 saturated carbocycles. The Labute approximate surface area is 132 Å². The van der Waals surface area contributed by atoms with Gasteiger partial charge in [0.15, 0.2) is 0 Å². The van der Waals surface area contributed by atoms with Crippen LogP contribution in [0.15, 0.2) is 73.1 Å². The zero-order chi connectivity index (χ0) is 16.5. The molecular formula is C17H14N2O4. The molecule has 0 saturated heterocycles. The Morgan fingerprint density at radius 1 is 0.870 bits per heavy atom. The largest absolute Gasteiger partial charge is 0.508 e. The standard InChI is InChI=1S/C11H8N2O3.C6H6O/c14-10(15)8-4-1-2-5-9(8)16-11-12-6-3-7-13-11;7-6-4-2-1-3-5-6/h1-7H,(H,14,15);1-5,7H. The smallest absolute Gasteiger partial charge is 0.339 e. The van der Waals surface area contributed by atoms with Gasteiger partial charge in [0.25, 0.3) is 0 Å². The van der Waals surface area contributed by atoms with E-state index in [-0.39, 0.29) is 17.3 Å². The quantitative estimate of drug-likeness (QED) is 0.770. The number of aromatic hydroxyl groups is 1. The van der Waals surface area contributed by atoms with Crippen molar-refractivity contribution in [1.82, 2.24) is 9.97 Å². The van der Waals surface area contributed by atoms with Crippen LogP contribution in [0.25, 0.3) is 0 Å². The lowest BCUT2D eigenvalue weighted by Gasteiger charge is -2.05. The second kappa shape index (κ2) is 8.14. The molecule has 0 aliphatic heterocycles. The van der Waals surface area contributed by atoms with E-state index >= 15 is 0 Å². The van der Waals surface area contributed by atoms with E-state index in [0.717, 1.165) is 0 Å². The number of nitrogens with zero attached hydrogens (tertiary/aromatic N) is 2. The predicted molar refractivity (Wildman–Crippen MR) is 83.6 cm³/mol. The third-order valence-electron chi connectivity index (χ3n) is 2.62. The number of carboxylic acids is 1. The molecule has 6 nitrogen and oxygen atoms in total. The van der Waals surface area contributed by atoms with Gasteiger partial charge < -0.3 is 14.9 Å². The molecule has 0 spiro atoms. The molecule has 116 valence electrons. The summed E-state index contributed by atoms with van der Waals surface area (Å²) in [4.78, 5) is 18.6. The number of aromatic nitrogens is 2. The number of ether oxygens (including phenoxy) is 1.